The third-order valence-corrected chi connectivity index (χ3v) is 3.08. The quantitative estimate of drug-likeness (QED) is 0.527. The second kappa shape index (κ2) is 7.34. The van der Waals surface area contributed by atoms with Gasteiger partial charge in [0.25, 0.3) is 0 Å². The molecule has 0 aromatic rings. The van der Waals surface area contributed by atoms with E-state index in [9.17, 15) is 4.79 Å². The lowest BCUT2D eigenvalue weighted by molar-refractivity contribution is -0.156. The summed E-state index contributed by atoms with van der Waals surface area (Å²) in [4.78, 5) is 12.0. The molecule has 17 heavy (non-hydrogen) atoms. The second-order valence-corrected chi connectivity index (χ2v) is 4.50. The zero-order valence-corrected chi connectivity index (χ0v) is 10.8. The number of hydrogen-bond donors (Lipinski definition) is 0. The van der Waals surface area contributed by atoms with Crippen molar-refractivity contribution in [3.05, 3.63) is 0 Å². The second-order valence-electron chi connectivity index (χ2n) is 4.50. The zero-order valence-electron chi connectivity index (χ0n) is 10.8. The molecule has 1 aliphatic rings. The van der Waals surface area contributed by atoms with Gasteiger partial charge in [0.1, 0.15) is 6.10 Å². The fourth-order valence-corrected chi connectivity index (χ4v) is 2.17. The molecule has 0 bridgehead atoms. The molecule has 2 unspecified atom stereocenters. The SMILES string of the molecule is C#CC1OCCC1OC(=O)C(CCC)CCC. The maximum absolute atomic E-state index is 12.0. The first-order chi connectivity index (χ1) is 8.22. The van der Waals surface area contributed by atoms with Crippen molar-refractivity contribution in [2.75, 3.05) is 6.61 Å². The number of hydrogen-bond acceptors (Lipinski definition) is 3. The average Bonchev–Trinajstić information content (AvgIpc) is 2.76. The van der Waals surface area contributed by atoms with E-state index in [-0.39, 0.29) is 24.1 Å². The van der Waals surface area contributed by atoms with E-state index in [2.05, 4.69) is 19.8 Å². The Labute approximate surface area is 104 Å². The molecule has 1 aliphatic heterocycles. The van der Waals surface area contributed by atoms with Crippen molar-refractivity contribution in [1.29, 1.82) is 0 Å². The fraction of sp³-hybridized carbons (Fsp3) is 0.786. The molecule has 0 aromatic heterocycles. The van der Waals surface area contributed by atoms with Crippen LogP contribution in [-0.4, -0.2) is 24.8 Å². The minimum Gasteiger partial charge on any atom is -0.458 e. The van der Waals surface area contributed by atoms with E-state index in [1.807, 2.05) is 0 Å². The monoisotopic (exact) mass is 238 g/mol. The van der Waals surface area contributed by atoms with E-state index >= 15 is 0 Å². The molecule has 0 saturated carbocycles. The van der Waals surface area contributed by atoms with E-state index < -0.39 is 0 Å². The summed E-state index contributed by atoms with van der Waals surface area (Å²) in [6.07, 6.45) is 9.21. The Kier molecular flexibility index (Phi) is 6.07. The molecule has 3 nitrogen and oxygen atoms in total. The maximum atomic E-state index is 12.0. The number of rotatable bonds is 6. The number of carbonyl (C=O) groups is 1. The van der Waals surface area contributed by atoms with Crippen molar-refractivity contribution < 1.29 is 14.3 Å². The number of terminal acetylenes is 1. The molecule has 1 fully saturated rings. The smallest absolute Gasteiger partial charge is 0.309 e. The van der Waals surface area contributed by atoms with Crippen LogP contribution in [0.2, 0.25) is 0 Å². The van der Waals surface area contributed by atoms with E-state index in [0.29, 0.717) is 13.0 Å². The summed E-state index contributed by atoms with van der Waals surface area (Å²) in [6, 6.07) is 0. The number of esters is 1. The van der Waals surface area contributed by atoms with Crippen molar-refractivity contribution in [3.8, 4) is 12.3 Å². The molecule has 0 amide bonds. The average molecular weight is 238 g/mol. The van der Waals surface area contributed by atoms with Gasteiger partial charge < -0.3 is 9.47 Å². The summed E-state index contributed by atoms with van der Waals surface area (Å²) in [5, 5.41) is 0. The van der Waals surface area contributed by atoms with Crippen LogP contribution in [0.15, 0.2) is 0 Å². The first-order valence-corrected chi connectivity index (χ1v) is 6.51. The first-order valence-electron chi connectivity index (χ1n) is 6.51. The van der Waals surface area contributed by atoms with Crippen LogP contribution in [0.1, 0.15) is 46.0 Å². The Morgan fingerprint density at radius 2 is 2.12 bits per heavy atom. The van der Waals surface area contributed by atoms with Gasteiger partial charge in [-0.05, 0) is 12.8 Å². The Balaban J connectivity index is 2.48. The lowest BCUT2D eigenvalue weighted by atomic mass is 9.98. The van der Waals surface area contributed by atoms with Crippen molar-refractivity contribution in [3.63, 3.8) is 0 Å². The number of ether oxygens (including phenoxy) is 2. The standard InChI is InChI=1S/C14H22O3/c1-4-7-11(8-5-2)14(15)17-13-9-10-16-12(13)6-3/h3,11-13H,4-5,7-10H2,1-2H3. The third kappa shape index (κ3) is 4.05. The predicted octanol–water partition coefficient (Wildman–Crippen LogP) is 2.54. The fourth-order valence-electron chi connectivity index (χ4n) is 2.17. The minimum atomic E-state index is -0.358. The molecule has 0 N–H and O–H groups in total. The van der Waals surface area contributed by atoms with Crippen molar-refractivity contribution in [1.82, 2.24) is 0 Å². The van der Waals surface area contributed by atoms with E-state index in [1.165, 1.54) is 0 Å². The summed E-state index contributed by atoms with van der Waals surface area (Å²) >= 11 is 0. The molecule has 0 spiro atoms. The summed E-state index contributed by atoms with van der Waals surface area (Å²) in [5.74, 6) is 2.43. The van der Waals surface area contributed by atoms with E-state index in [0.717, 1.165) is 25.7 Å². The first kappa shape index (κ1) is 14.1. The normalized spacial score (nSPS) is 23.6. The molecule has 96 valence electrons. The van der Waals surface area contributed by atoms with Gasteiger partial charge in [0, 0.05) is 6.42 Å². The maximum Gasteiger partial charge on any atom is 0.309 e. The van der Waals surface area contributed by atoms with Crippen LogP contribution in [0, 0.1) is 18.3 Å². The summed E-state index contributed by atoms with van der Waals surface area (Å²) in [6.45, 7) is 4.75. The predicted molar refractivity (Wildman–Crippen MR) is 66.4 cm³/mol. The van der Waals surface area contributed by atoms with Gasteiger partial charge in [-0.2, -0.15) is 0 Å². The van der Waals surface area contributed by atoms with Gasteiger partial charge in [0.05, 0.1) is 12.5 Å². The van der Waals surface area contributed by atoms with Crippen molar-refractivity contribution in [2.45, 2.75) is 58.2 Å². The summed E-state index contributed by atoms with van der Waals surface area (Å²) in [7, 11) is 0. The molecule has 1 heterocycles. The van der Waals surface area contributed by atoms with Crippen molar-refractivity contribution >= 4 is 5.97 Å². The van der Waals surface area contributed by atoms with Crippen LogP contribution in [0.4, 0.5) is 0 Å². The lowest BCUT2D eigenvalue weighted by Gasteiger charge is -2.19. The topological polar surface area (TPSA) is 35.5 Å². The van der Waals surface area contributed by atoms with Crippen LogP contribution in [0.25, 0.3) is 0 Å². The van der Waals surface area contributed by atoms with Gasteiger partial charge in [-0.3, -0.25) is 4.79 Å². The highest BCUT2D eigenvalue weighted by atomic mass is 16.6. The van der Waals surface area contributed by atoms with Gasteiger partial charge in [-0.1, -0.05) is 32.6 Å². The molecular formula is C14H22O3. The van der Waals surface area contributed by atoms with E-state index in [1.54, 1.807) is 0 Å². The largest absolute Gasteiger partial charge is 0.458 e. The van der Waals surface area contributed by atoms with Gasteiger partial charge in [0.15, 0.2) is 6.10 Å². The zero-order chi connectivity index (χ0) is 12.7. The molecule has 1 rings (SSSR count). The van der Waals surface area contributed by atoms with Gasteiger partial charge in [0.2, 0.25) is 0 Å². The molecule has 0 radical (unpaired) electrons. The van der Waals surface area contributed by atoms with Gasteiger partial charge >= 0.3 is 5.97 Å². The Bertz CT molecular complexity index is 274. The van der Waals surface area contributed by atoms with Gasteiger partial charge in [-0.15, -0.1) is 6.42 Å². The van der Waals surface area contributed by atoms with Crippen LogP contribution in [-0.2, 0) is 14.3 Å². The molecule has 1 saturated heterocycles. The Hall–Kier alpha value is -1.01. The minimum absolute atomic E-state index is 0.0176. The lowest BCUT2D eigenvalue weighted by Crippen LogP contribution is -2.29. The van der Waals surface area contributed by atoms with Crippen LogP contribution in [0.3, 0.4) is 0 Å². The molecular weight excluding hydrogens is 216 g/mol. The van der Waals surface area contributed by atoms with Crippen LogP contribution in [0.5, 0.6) is 0 Å². The highest BCUT2D eigenvalue weighted by Crippen LogP contribution is 2.21. The molecule has 3 heteroatoms. The molecule has 0 aromatic carbocycles. The highest BCUT2D eigenvalue weighted by molar-refractivity contribution is 5.72. The Morgan fingerprint density at radius 1 is 1.47 bits per heavy atom. The summed E-state index contributed by atoms with van der Waals surface area (Å²) in [5.41, 5.74) is 0. The van der Waals surface area contributed by atoms with Crippen molar-refractivity contribution in [2.24, 2.45) is 5.92 Å². The van der Waals surface area contributed by atoms with Crippen LogP contribution >= 0.6 is 0 Å². The summed E-state index contributed by atoms with van der Waals surface area (Å²) < 4.78 is 10.8. The van der Waals surface area contributed by atoms with Crippen LogP contribution < -0.4 is 0 Å². The highest BCUT2D eigenvalue weighted by Gasteiger charge is 2.31. The Morgan fingerprint density at radius 3 is 2.65 bits per heavy atom. The van der Waals surface area contributed by atoms with E-state index in [4.69, 9.17) is 15.9 Å². The molecule has 2 atom stereocenters. The van der Waals surface area contributed by atoms with Gasteiger partial charge in [-0.25, -0.2) is 0 Å². The third-order valence-electron chi connectivity index (χ3n) is 3.08. The molecule has 0 aliphatic carbocycles. The number of carbonyl (C=O) groups excluding carboxylic acids is 1.